The molecule has 0 bridgehead atoms. The predicted octanol–water partition coefficient (Wildman–Crippen LogP) is 1.48. The Hall–Kier alpha value is -3.96. The minimum atomic E-state index is 0.596. The highest BCUT2D eigenvalue weighted by Gasteiger charge is 2.06. The average molecular weight is 396 g/mol. The molecule has 4 heterocycles. The van der Waals surface area contributed by atoms with Crippen molar-refractivity contribution in [1.29, 1.82) is 0 Å². The smallest absolute Gasteiger partial charge is 0.225 e. The Morgan fingerprint density at radius 2 is 1.31 bits per heavy atom. The summed E-state index contributed by atoms with van der Waals surface area (Å²) in [6, 6.07) is 8.01. The maximum atomic E-state index is 4.09. The second-order valence-corrected chi connectivity index (χ2v) is 6.68. The zero-order valence-corrected chi connectivity index (χ0v) is 16.2. The van der Waals surface area contributed by atoms with Gasteiger partial charge in [0, 0.05) is 37.4 Å². The number of aromatic amines is 4. The lowest BCUT2D eigenvalue weighted by atomic mass is 10.4. The van der Waals surface area contributed by atoms with Gasteiger partial charge in [0.2, 0.25) is 23.8 Å². The third-order valence-electron chi connectivity index (χ3n) is 4.19. The molecule has 0 spiro atoms. The minimum absolute atomic E-state index is 0.596. The first-order valence-electron chi connectivity index (χ1n) is 9.19. The van der Waals surface area contributed by atoms with Gasteiger partial charge in [0.25, 0.3) is 0 Å². The van der Waals surface area contributed by atoms with Crippen LogP contribution in [0.5, 0.6) is 0 Å². The van der Waals surface area contributed by atoms with Gasteiger partial charge in [-0.1, -0.05) is 0 Å². The van der Waals surface area contributed by atoms with Crippen molar-refractivity contribution in [1.82, 2.24) is 40.3 Å². The summed E-state index contributed by atoms with van der Waals surface area (Å²) in [6.45, 7) is 1.85. The number of rotatable bonds is 10. The maximum absolute atomic E-state index is 4.09. The van der Waals surface area contributed by atoms with Crippen LogP contribution in [0.15, 0.2) is 30.5 Å². The van der Waals surface area contributed by atoms with E-state index >= 15 is 0 Å². The minimum Gasteiger partial charge on any atom is -0.364 e. The van der Waals surface area contributed by atoms with Crippen LogP contribution in [-0.2, 0) is 19.6 Å². The van der Waals surface area contributed by atoms with Crippen molar-refractivity contribution in [2.75, 3.05) is 34.9 Å². The van der Waals surface area contributed by atoms with Gasteiger partial charge < -0.3 is 30.8 Å². The van der Waals surface area contributed by atoms with Gasteiger partial charge in [0.1, 0.15) is 0 Å². The normalized spacial score (nSPS) is 10.8. The van der Waals surface area contributed by atoms with E-state index in [0.717, 1.165) is 17.1 Å². The number of hydrogen-bond acceptors (Lipinski definition) is 8. The van der Waals surface area contributed by atoms with Crippen molar-refractivity contribution < 1.29 is 0 Å². The van der Waals surface area contributed by atoms with Crippen LogP contribution in [0.25, 0.3) is 0 Å². The van der Waals surface area contributed by atoms with Gasteiger partial charge in [-0.2, -0.15) is 0 Å². The predicted molar refractivity (Wildman–Crippen MR) is 111 cm³/mol. The topological polar surface area (TPSA) is 154 Å². The van der Waals surface area contributed by atoms with Crippen LogP contribution in [0, 0.1) is 0 Å². The van der Waals surface area contributed by atoms with Crippen molar-refractivity contribution in [3.05, 3.63) is 47.5 Å². The van der Waals surface area contributed by atoms with E-state index in [2.05, 4.69) is 56.3 Å². The number of anilines is 4. The Kier molecular flexibility index (Phi) is 5.31. The van der Waals surface area contributed by atoms with E-state index in [0.29, 0.717) is 43.4 Å². The molecule has 4 rings (SSSR count). The molecule has 0 radical (unpaired) electrons. The summed E-state index contributed by atoms with van der Waals surface area (Å²) in [5.74, 6) is 2.55. The monoisotopic (exact) mass is 396 g/mol. The summed E-state index contributed by atoms with van der Waals surface area (Å²) in [6.07, 6.45) is 1.89. The SMILES string of the molecule is CN(C)c1nnc(NCc2ccc(CNc3nnc(NCc4ccc[nH]4)[nH]3)[nH]2)[nH]1. The van der Waals surface area contributed by atoms with Gasteiger partial charge in [-0.25, -0.2) is 0 Å². The first kappa shape index (κ1) is 18.4. The van der Waals surface area contributed by atoms with Crippen LogP contribution < -0.4 is 20.9 Å². The molecule has 0 amide bonds. The van der Waals surface area contributed by atoms with Crippen molar-refractivity contribution in [2.45, 2.75) is 19.6 Å². The molecule has 12 heteroatoms. The number of nitrogens with zero attached hydrogens (tertiary/aromatic N) is 5. The lowest BCUT2D eigenvalue weighted by Crippen LogP contribution is -2.10. The summed E-state index contributed by atoms with van der Waals surface area (Å²) >= 11 is 0. The van der Waals surface area contributed by atoms with E-state index in [1.165, 1.54) is 0 Å². The van der Waals surface area contributed by atoms with Crippen molar-refractivity contribution in [3.63, 3.8) is 0 Å². The highest BCUT2D eigenvalue weighted by Crippen LogP contribution is 2.10. The van der Waals surface area contributed by atoms with Crippen LogP contribution in [0.2, 0.25) is 0 Å². The summed E-state index contributed by atoms with van der Waals surface area (Å²) in [5, 5.41) is 25.9. The fourth-order valence-corrected chi connectivity index (χ4v) is 2.67. The van der Waals surface area contributed by atoms with Gasteiger partial charge in [0.15, 0.2) is 0 Å². The molecule has 0 aromatic carbocycles. The molecule has 4 aromatic rings. The van der Waals surface area contributed by atoms with Crippen LogP contribution in [0.4, 0.5) is 23.8 Å². The van der Waals surface area contributed by atoms with Gasteiger partial charge in [0.05, 0.1) is 19.6 Å². The van der Waals surface area contributed by atoms with E-state index < -0.39 is 0 Å². The first-order chi connectivity index (χ1) is 14.2. The molecule has 152 valence electrons. The molecular weight excluding hydrogens is 372 g/mol. The molecule has 29 heavy (non-hydrogen) atoms. The lowest BCUT2D eigenvalue weighted by Gasteiger charge is -2.05. The molecule has 12 nitrogen and oxygen atoms in total. The second-order valence-electron chi connectivity index (χ2n) is 6.68. The summed E-state index contributed by atoms with van der Waals surface area (Å²) in [4.78, 5) is 14.5. The van der Waals surface area contributed by atoms with E-state index in [4.69, 9.17) is 0 Å². The largest absolute Gasteiger partial charge is 0.364 e. The molecule has 0 saturated heterocycles. The molecule has 0 aliphatic rings. The van der Waals surface area contributed by atoms with E-state index in [1.54, 1.807) is 0 Å². The standard InChI is InChI=1S/C17H24N12/c1-29(2)17-24-16(27-28-17)21-10-13-6-5-12(22-13)9-20-15-23-14(25-26-15)19-8-11-4-3-7-18-11/h3-7,18,22H,8-10H2,1-2H3,(H2,21,24,27,28)(H3,19,20,23,25,26). The quantitative estimate of drug-likeness (QED) is 0.213. The third-order valence-corrected chi connectivity index (χ3v) is 4.19. The molecule has 0 unspecified atom stereocenters. The van der Waals surface area contributed by atoms with Crippen molar-refractivity contribution >= 4 is 23.8 Å². The fourth-order valence-electron chi connectivity index (χ4n) is 2.67. The van der Waals surface area contributed by atoms with E-state index in [1.807, 2.05) is 49.5 Å². The number of nitrogens with one attached hydrogen (secondary N) is 7. The van der Waals surface area contributed by atoms with Gasteiger partial charge >= 0.3 is 0 Å². The number of hydrogen-bond donors (Lipinski definition) is 7. The highest BCUT2D eigenvalue weighted by molar-refractivity contribution is 5.36. The molecule has 0 aliphatic carbocycles. The Labute approximate surface area is 166 Å². The molecule has 0 aliphatic heterocycles. The maximum Gasteiger partial charge on any atom is 0.225 e. The second kappa shape index (κ2) is 8.37. The van der Waals surface area contributed by atoms with Gasteiger partial charge in [-0.15, -0.1) is 20.4 Å². The molecule has 4 aromatic heterocycles. The molecule has 7 N–H and O–H groups in total. The zero-order chi connectivity index (χ0) is 20.1. The molecule has 0 saturated carbocycles. The van der Waals surface area contributed by atoms with Crippen LogP contribution >= 0.6 is 0 Å². The summed E-state index contributed by atoms with van der Waals surface area (Å²) < 4.78 is 0. The third kappa shape index (κ3) is 4.86. The summed E-state index contributed by atoms with van der Waals surface area (Å²) in [5.41, 5.74) is 3.15. The zero-order valence-electron chi connectivity index (χ0n) is 16.2. The van der Waals surface area contributed by atoms with Crippen molar-refractivity contribution in [2.24, 2.45) is 0 Å². The van der Waals surface area contributed by atoms with Crippen LogP contribution in [-0.4, -0.2) is 54.4 Å². The molecule has 0 fully saturated rings. The van der Waals surface area contributed by atoms with Crippen LogP contribution in [0.3, 0.4) is 0 Å². The number of aromatic nitrogens is 8. The summed E-state index contributed by atoms with van der Waals surface area (Å²) in [7, 11) is 3.81. The fraction of sp³-hybridized carbons (Fsp3) is 0.294. The van der Waals surface area contributed by atoms with Crippen LogP contribution in [0.1, 0.15) is 17.1 Å². The average Bonchev–Trinajstić information content (AvgIpc) is 3.51. The molecule has 0 atom stereocenters. The van der Waals surface area contributed by atoms with E-state index in [9.17, 15) is 0 Å². The highest BCUT2D eigenvalue weighted by atomic mass is 15.4. The van der Waals surface area contributed by atoms with E-state index in [-0.39, 0.29) is 0 Å². The first-order valence-corrected chi connectivity index (χ1v) is 9.19. The lowest BCUT2D eigenvalue weighted by molar-refractivity contribution is 0.970. The Bertz CT molecular complexity index is 1010. The van der Waals surface area contributed by atoms with Gasteiger partial charge in [-0.05, 0) is 24.3 Å². The Balaban J connectivity index is 1.23. The Morgan fingerprint density at radius 1 is 0.724 bits per heavy atom. The van der Waals surface area contributed by atoms with Crippen molar-refractivity contribution in [3.8, 4) is 0 Å². The van der Waals surface area contributed by atoms with Gasteiger partial charge in [-0.3, -0.25) is 9.97 Å². The number of H-pyrrole nitrogens is 4. The Morgan fingerprint density at radius 3 is 1.86 bits per heavy atom. The molecular formula is C17H24N12.